The summed E-state index contributed by atoms with van der Waals surface area (Å²) in [4.78, 5) is 16.0. The topological polar surface area (TPSA) is 38.7 Å². The van der Waals surface area contributed by atoms with Crippen LogP contribution in [0.5, 0.6) is 0 Å². The minimum Gasteiger partial charge on any atom is -0.250 e. The van der Waals surface area contributed by atoms with Gasteiger partial charge < -0.3 is 0 Å². The number of allylic oxidation sites excluding steroid dienone is 12. The molecule has 3 nitrogen and oxygen atoms in total. The maximum Gasteiger partial charge on any atom is 0.0972 e. The lowest BCUT2D eigenvalue weighted by molar-refractivity contribution is 0.628. The SMILES string of the molecule is C1=CC2=C(C3C=C(c4nc5ccccc5c5c4ccc4c6ccccc6sc45)C=CC3)C=CC(c3ccc4ccc5ccc(-c6ccccc6)nc5c4n3)C2C=C1. The van der Waals surface area contributed by atoms with Crippen molar-refractivity contribution in [2.24, 2.45) is 11.8 Å². The van der Waals surface area contributed by atoms with Gasteiger partial charge in [0.2, 0.25) is 0 Å². The molecule has 3 aliphatic carbocycles. The molecule has 4 aromatic heterocycles. The average Bonchev–Trinajstić information content (AvgIpc) is 3.67. The van der Waals surface area contributed by atoms with Crippen LogP contribution in [0, 0.1) is 11.8 Å². The van der Waals surface area contributed by atoms with E-state index in [1.807, 2.05) is 17.4 Å². The van der Waals surface area contributed by atoms with E-state index in [2.05, 4.69) is 176 Å². The van der Waals surface area contributed by atoms with Gasteiger partial charge in [-0.3, -0.25) is 0 Å². The molecule has 5 aromatic carbocycles. The number of benzene rings is 5. The Morgan fingerprint density at radius 3 is 2.23 bits per heavy atom. The first-order valence-corrected chi connectivity index (χ1v) is 20.6. The predicted molar refractivity (Wildman–Crippen MR) is 241 cm³/mol. The van der Waals surface area contributed by atoms with Crippen molar-refractivity contribution in [3.05, 3.63) is 205 Å². The average molecular weight is 746 g/mol. The minimum atomic E-state index is 0.110. The van der Waals surface area contributed by atoms with Gasteiger partial charge in [-0.05, 0) is 47.4 Å². The fourth-order valence-electron chi connectivity index (χ4n) is 9.43. The van der Waals surface area contributed by atoms with Crippen LogP contribution in [0.3, 0.4) is 0 Å². The summed E-state index contributed by atoms with van der Waals surface area (Å²) in [5.74, 6) is 0.520. The third-order valence-electron chi connectivity index (χ3n) is 12.2. The van der Waals surface area contributed by atoms with Crippen LogP contribution < -0.4 is 0 Å². The predicted octanol–water partition coefficient (Wildman–Crippen LogP) is 13.9. The fourth-order valence-corrected chi connectivity index (χ4v) is 10.7. The molecular weight excluding hydrogens is 711 g/mol. The van der Waals surface area contributed by atoms with Gasteiger partial charge in [0.05, 0.1) is 27.9 Å². The number of hydrogen-bond donors (Lipinski definition) is 0. The molecule has 0 fully saturated rings. The highest BCUT2D eigenvalue weighted by Gasteiger charge is 2.31. The number of fused-ring (bicyclic) bond motifs is 11. The summed E-state index contributed by atoms with van der Waals surface area (Å²) < 4.78 is 2.65. The van der Waals surface area contributed by atoms with Gasteiger partial charge in [0.1, 0.15) is 0 Å². The van der Waals surface area contributed by atoms with Gasteiger partial charge in [0.15, 0.2) is 0 Å². The van der Waals surface area contributed by atoms with E-state index in [1.165, 1.54) is 53.1 Å². The van der Waals surface area contributed by atoms with Gasteiger partial charge in [-0.2, -0.15) is 0 Å². The number of para-hydroxylation sites is 1. The second-order valence-corrected chi connectivity index (χ2v) is 16.4. The number of thiophene rings is 1. The van der Waals surface area contributed by atoms with E-state index in [0.717, 1.165) is 56.4 Å². The summed E-state index contributed by atoms with van der Waals surface area (Å²) in [6.45, 7) is 0. The molecule has 9 aromatic rings. The molecule has 57 heavy (non-hydrogen) atoms. The van der Waals surface area contributed by atoms with Crippen LogP contribution in [-0.2, 0) is 0 Å². The van der Waals surface area contributed by atoms with Gasteiger partial charge in [-0.15, -0.1) is 11.3 Å². The van der Waals surface area contributed by atoms with E-state index < -0.39 is 0 Å². The molecule has 0 N–H and O–H groups in total. The first-order chi connectivity index (χ1) is 28.2. The van der Waals surface area contributed by atoms with Crippen molar-refractivity contribution >= 4 is 80.6 Å². The Bertz CT molecular complexity index is 3340. The zero-order valence-electron chi connectivity index (χ0n) is 31.0. The number of hydrogen-bond acceptors (Lipinski definition) is 4. The summed E-state index contributed by atoms with van der Waals surface area (Å²) in [6.07, 6.45) is 21.9. The molecule has 0 amide bonds. The Morgan fingerprint density at radius 2 is 1.32 bits per heavy atom. The molecule has 0 saturated carbocycles. The van der Waals surface area contributed by atoms with E-state index in [1.54, 1.807) is 0 Å². The van der Waals surface area contributed by atoms with E-state index in [9.17, 15) is 0 Å². The Hall–Kier alpha value is -6.75. The number of rotatable bonds is 4. The van der Waals surface area contributed by atoms with Crippen molar-refractivity contribution in [1.29, 1.82) is 0 Å². The van der Waals surface area contributed by atoms with E-state index >= 15 is 0 Å². The Morgan fingerprint density at radius 1 is 0.544 bits per heavy atom. The largest absolute Gasteiger partial charge is 0.250 e. The lowest BCUT2D eigenvalue weighted by Gasteiger charge is -2.33. The zero-order valence-corrected chi connectivity index (χ0v) is 31.8. The quantitative estimate of drug-likeness (QED) is 0.168. The van der Waals surface area contributed by atoms with Crippen LogP contribution in [-0.4, -0.2) is 15.0 Å². The fraction of sp³-hybridized carbons (Fsp3) is 0.0755. The molecule has 4 heterocycles. The molecule has 3 unspecified atom stereocenters. The van der Waals surface area contributed by atoms with Crippen molar-refractivity contribution in [3.8, 4) is 11.3 Å². The summed E-state index contributed by atoms with van der Waals surface area (Å²) in [5.41, 5.74) is 11.1. The Labute approximate surface area is 334 Å². The number of nitrogens with zero attached hydrogens (tertiary/aromatic N) is 3. The van der Waals surface area contributed by atoms with E-state index in [4.69, 9.17) is 15.0 Å². The standard InChI is InChI=1S/C53H35N3S/c1-2-11-32(12-3-1)45-29-23-33-21-22-34-24-30-47(56-52(34)51(33)54-45)40-26-25-37(38-15-4-5-16-39(38)40)35-13-10-14-36(31-35)50-44-28-27-42-41-17-7-9-20-48(41)57-53(42)49(44)43-18-6-8-19-46(43)55-50/h1-12,14-31,35,39-40H,13H2. The summed E-state index contributed by atoms with van der Waals surface area (Å²) in [5, 5.41) is 8.56. The summed E-state index contributed by atoms with van der Waals surface area (Å²) >= 11 is 1.89. The Balaban J connectivity index is 0.950. The third kappa shape index (κ3) is 5.21. The van der Waals surface area contributed by atoms with Crippen molar-refractivity contribution < 1.29 is 0 Å². The van der Waals surface area contributed by atoms with Crippen molar-refractivity contribution in [2.75, 3.05) is 0 Å². The molecule has 12 rings (SSSR count). The van der Waals surface area contributed by atoms with Crippen LogP contribution in [0.25, 0.3) is 80.5 Å². The van der Waals surface area contributed by atoms with Gasteiger partial charge in [0.25, 0.3) is 0 Å². The Kier molecular flexibility index (Phi) is 7.36. The first-order valence-electron chi connectivity index (χ1n) is 19.8. The van der Waals surface area contributed by atoms with Crippen LogP contribution in [0.4, 0.5) is 0 Å². The van der Waals surface area contributed by atoms with Crippen LogP contribution in [0.2, 0.25) is 0 Å². The molecule has 268 valence electrons. The van der Waals surface area contributed by atoms with Crippen LogP contribution >= 0.6 is 11.3 Å². The highest BCUT2D eigenvalue weighted by molar-refractivity contribution is 7.26. The van der Waals surface area contributed by atoms with Crippen molar-refractivity contribution in [1.82, 2.24) is 15.0 Å². The normalized spacial score (nSPS) is 19.1. The summed E-state index contributed by atoms with van der Waals surface area (Å²) in [6, 6.07) is 45.5. The van der Waals surface area contributed by atoms with E-state index in [0.29, 0.717) is 0 Å². The second kappa shape index (κ2) is 12.9. The first kappa shape index (κ1) is 32.5. The van der Waals surface area contributed by atoms with Gasteiger partial charge in [-0.1, -0.05) is 158 Å². The smallest absolute Gasteiger partial charge is 0.0972 e. The highest BCUT2D eigenvalue weighted by Crippen LogP contribution is 2.46. The lowest BCUT2D eigenvalue weighted by Crippen LogP contribution is -2.20. The van der Waals surface area contributed by atoms with Crippen molar-refractivity contribution in [3.63, 3.8) is 0 Å². The molecule has 0 aliphatic heterocycles. The van der Waals surface area contributed by atoms with Crippen molar-refractivity contribution in [2.45, 2.75) is 12.3 Å². The molecule has 3 aliphatic rings. The van der Waals surface area contributed by atoms with E-state index in [-0.39, 0.29) is 17.8 Å². The monoisotopic (exact) mass is 745 g/mol. The van der Waals surface area contributed by atoms with Crippen LogP contribution in [0.15, 0.2) is 193 Å². The molecule has 0 saturated heterocycles. The van der Waals surface area contributed by atoms with Gasteiger partial charge >= 0.3 is 0 Å². The molecule has 0 spiro atoms. The summed E-state index contributed by atoms with van der Waals surface area (Å²) in [7, 11) is 0. The number of pyridine rings is 3. The highest BCUT2D eigenvalue weighted by atomic mass is 32.1. The maximum atomic E-state index is 5.41. The lowest BCUT2D eigenvalue weighted by atomic mass is 9.72. The second-order valence-electron chi connectivity index (χ2n) is 15.4. The molecule has 0 bridgehead atoms. The van der Waals surface area contributed by atoms with Crippen LogP contribution in [0.1, 0.15) is 23.7 Å². The third-order valence-corrected chi connectivity index (χ3v) is 13.4. The molecule has 3 atom stereocenters. The zero-order chi connectivity index (χ0) is 37.5. The maximum absolute atomic E-state index is 5.41. The molecule has 0 radical (unpaired) electrons. The van der Waals surface area contributed by atoms with Gasteiger partial charge in [0, 0.05) is 76.1 Å². The molecule has 4 heteroatoms. The minimum absolute atomic E-state index is 0.110. The van der Waals surface area contributed by atoms with Gasteiger partial charge in [-0.25, -0.2) is 15.0 Å². The molecular formula is C53H35N3S. The number of aromatic nitrogens is 3.